The highest BCUT2D eigenvalue weighted by atomic mass is 32.2. The van der Waals surface area contributed by atoms with Gasteiger partial charge in [-0.15, -0.1) is 0 Å². The summed E-state index contributed by atoms with van der Waals surface area (Å²) in [5.41, 5.74) is 16.9. The van der Waals surface area contributed by atoms with E-state index in [1.807, 2.05) is 17.8 Å². The Kier molecular flexibility index (Phi) is 6.87. The van der Waals surface area contributed by atoms with Crippen LogP contribution in [0, 0.1) is 0 Å². The van der Waals surface area contributed by atoms with E-state index >= 15 is 0 Å². The van der Waals surface area contributed by atoms with Gasteiger partial charge in [-0.25, -0.2) is 0 Å². The van der Waals surface area contributed by atoms with E-state index in [1.54, 1.807) is 0 Å². The summed E-state index contributed by atoms with van der Waals surface area (Å²) in [5, 5.41) is 0. The molecule has 1 heterocycles. The summed E-state index contributed by atoms with van der Waals surface area (Å²) in [4.78, 5) is 5.06. The predicted octanol–water partition coefficient (Wildman–Crippen LogP) is 13.1. The molecule has 7 aromatic carbocycles. The van der Waals surface area contributed by atoms with Crippen molar-refractivity contribution in [2.24, 2.45) is 0 Å². The molecule has 2 aliphatic carbocycles. The van der Waals surface area contributed by atoms with E-state index in [1.165, 1.54) is 88.1 Å². The molecule has 1 spiro atoms. The molecule has 0 fully saturated rings. The van der Waals surface area contributed by atoms with Gasteiger partial charge in [-0.2, -0.15) is 0 Å². The molecular formula is C49H33NS. The Morgan fingerprint density at radius 2 is 0.922 bits per heavy atom. The summed E-state index contributed by atoms with van der Waals surface area (Å²) < 4.78 is 0. The maximum atomic E-state index is 4.10. The van der Waals surface area contributed by atoms with Gasteiger partial charge in [0.2, 0.25) is 0 Å². The van der Waals surface area contributed by atoms with E-state index in [0.29, 0.717) is 0 Å². The van der Waals surface area contributed by atoms with Crippen molar-refractivity contribution in [1.82, 2.24) is 0 Å². The average molecular weight is 668 g/mol. The van der Waals surface area contributed by atoms with Crippen molar-refractivity contribution in [1.29, 1.82) is 0 Å². The first-order chi connectivity index (χ1) is 25.3. The van der Waals surface area contributed by atoms with Gasteiger partial charge in [0.25, 0.3) is 0 Å². The summed E-state index contributed by atoms with van der Waals surface area (Å²) in [5.74, 6) is 0. The third-order valence-corrected chi connectivity index (χ3v) is 11.7. The number of rotatable bonds is 5. The van der Waals surface area contributed by atoms with Gasteiger partial charge in [0.05, 0.1) is 22.5 Å². The molecule has 0 saturated heterocycles. The zero-order valence-corrected chi connectivity index (χ0v) is 28.8. The highest BCUT2D eigenvalue weighted by molar-refractivity contribution is 7.99. The molecule has 0 radical (unpaired) electrons. The number of fused-ring (bicyclic) bond motifs is 9. The van der Waals surface area contributed by atoms with Crippen molar-refractivity contribution < 1.29 is 0 Å². The first kappa shape index (κ1) is 29.8. The zero-order valence-electron chi connectivity index (χ0n) is 28.0. The van der Waals surface area contributed by atoms with Crippen molar-refractivity contribution in [3.63, 3.8) is 0 Å². The van der Waals surface area contributed by atoms with Crippen molar-refractivity contribution in [3.8, 4) is 33.4 Å². The van der Waals surface area contributed by atoms with Crippen LogP contribution in [-0.2, 0) is 5.41 Å². The van der Waals surface area contributed by atoms with Crippen LogP contribution in [-0.4, -0.2) is 0 Å². The molecule has 1 nitrogen and oxygen atoms in total. The van der Waals surface area contributed by atoms with Crippen molar-refractivity contribution in [2.75, 3.05) is 4.90 Å². The molecular weight excluding hydrogens is 635 g/mol. The lowest BCUT2D eigenvalue weighted by Gasteiger charge is -2.42. The minimum Gasteiger partial charge on any atom is -0.310 e. The normalized spacial score (nSPS) is 14.6. The van der Waals surface area contributed by atoms with Crippen LogP contribution in [0.15, 0.2) is 210 Å². The summed E-state index contributed by atoms with van der Waals surface area (Å²) in [6, 6.07) is 62.5. The first-order valence-corrected chi connectivity index (χ1v) is 18.3. The molecule has 240 valence electrons. The van der Waals surface area contributed by atoms with Crippen LogP contribution in [0.5, 0.6) is 0 Å². The lowest BCUT2D eigenvalue weighted by molar-refractivity contribution is 0.741. The topological polar surface area (TPSA) is 3.24 Å². The number of hydrogen-bond acceptors (Lipinski definition) is 2. The van der Waals surface area contributed by atoms with Crippen molar-refractivity contribution in [3.05, 3.63) is 223 Å². The second-order valence-corrected chi connectivity index (χ2v) is 14.4. The fraction of sp³-hybridized carbons (Fsp3) is 0.0204. The number of allylic oxidation sites excluding steroid dienone is 5. The standard InChI is InChI=1S/C49H33NS/c1-2-3-20-40-39-23-12-15-26-43(39)49(41-24-13-10-21-37(41)38-22-11-14-25-42(38)49)48(40)50-44-29-27-35(33-16-6-4-7-17-33)31-46(44)51-47-32-36(28-30-45(47)50)34-18-8-5-9-19-34/h2-32H,1H2/b20-3-. The van der Waals surface area contributed by atoms with Crippen LogP contribution in [0.25, 0.3) is 39.0 Å². The SMILES string of the molecule is C=C/C=C\C1=C(N2c3ccc(-c4ccccc4)cc3Sc3cc(-c4ccccc4)ccc32)C2(c3ccccc31)c1ccccc1-c1ccccc12. The molecule has 0 atom stereocenters. The molecule has 0 aromatic heterocycles. The zero-order chi connectivity index (χ0) is 33.9. The summed E-state index contributed by atoms with van der Waals surface area (Å²) in [6.07, 6.45) is 6.26. The van der Waals surface area contributed by atoms with Crippen LogP contribution in [0.1, 0.15) is 22.3 Å². The third-order valence-electron chi connectivity index (χ3n) is 10.6. The van der Waals surface area contributed by atoms with Crippen molar-refractivity contribution in [2.45, 2.75) is 15.2 Å². The number of hydrogen-bond donors (Lipinski definition) is 0. The van der Waals surface area contributed by atoms with Gasteiger partial charge in [0.15, 0.2) is 0 Å². The fourth-order valence-corrected chi connectivity index (χ4v) is 9.71. The molecule has 0 unspecified atom stereocenters. The van der Waals surface area contributed by atoms with Gasteiger partial charge in [-0.3, -0.25) is 0 Å². The monoisotopic (exact) mass is 667 g/mol. The lowest BCUT2D eigenvalue weighted by Crippen LogP contribution is -2.36. The van der Waals surface area contributed by atoms with E-state index in [0.717, 1.165) is 0 Å². The molecule has 7 aromatic rings. The van der Waals surface area contributed by atoms with E-state index in [9.17, 15) is 0 Å². The van der Waals surface area contributed by atoms with E-state index in [2.05, 4.69) is 193 Å². The van der Waals surface area contributed by atoms with E-state index in [4.69, 9.17) is 0 Å². The summed E-state index contributed by atoms with van der Waals surface area (Å²) in [7, 11) is 0. The first-order valence-electron chi connectivity index (χ1n) is 17.5. The maximum Gasteiger partial charge on any atom is 0.0881 e. The van der Waals surface area contributed by atoms with Gasteiger partial charge in [-0.1, -0.05) is 182 Å². The van der Waals surface area contributed by atoms with Crippen LogP contribution in [0.2, 0.25) is 0 Å². The summed E-state index contributed by atoms with van der Waals surface area (Å²) in [6.45, 7) is 4.10. The quantitative estimate of drug-likeness (QED) is 0.168. The largest absolute Gasteiger partial charge is 0.310 e. The Bertz CT molecular complexity index is 2440. The van der Waals surface area contributed by atoms with Gasteiger partial charge in [-0.05, 0) is 79.9 Å². The Morgan fingerprint density at radius 1 is 0.471 bits per heavy atom. The Balaban J connectivity index is 1.32. The van der Waals surface area contributed by atoms with Crippen molar-refractivity contribution >= 4 is 28.7 Å². The third kappa shape index (κ3) is 4.37. The molecule has 0 N–H and O–H groups in total. The lowest BCUT2D eigenvalue weighted by atomic mass is 9.71. The smallest absolute Gasteiger partial charge is 0.0881 e. The summed E-state index contributed by atoms with van der Waals surface area (Å²) >= 11 is 1.87. The van der Waals surface area contributed by atoms with Gasteiger partial charge in [0.1, 0.15) is 0 Å². The van der Waals surface area contributed by atoms with Crippen LogP contribution >= 0.6 is 11.8 Å². The second kappa shape index (κ2) is 11.8. The Hall–Kier alpha value is -6.09. The Morgan fingerprint density at radius 3 is 1.43 bits per heavy atom. The molecule has 0 saturated carbocycles. The van der Waals surface area contributed by atoms with E-state index < -0.39 is 5.41 Å². The average Bonchev–Trinajstić information content (AvgIpc) is 3.66. The molecule has 3 aliphatic rings. The maximum absolute atomic E-state index is 4.10. The molecule has 51 heavy (non-hydrogen) atoms. The minimum absolute atomic E-state index is 0.544. The molecule has 2 heteroatoms. The molecule has 10 rings (SSSR count). The molecule has 0 amide bonds. The van der Waals surface area contributed by atoms with E-state index in [-0.39, 0.29) is 0 Å². The number of benzene rings is 7. The van der Waals surface area contributed by atoms with Gasteiger partial charge >= 0.3 is 0 Å². The fourth-order valence-electron chi connectivity index (χ4n) is 8.57. The number of anilines is 2. The number of nitrogens with zero attached hydrogens (tertiary/aromatic N) is 1. The van der Waals surface area contributed by atoms with Gasteiger partial charge in [0, 0.05) is 15.4 Å². The second-order valence-electron chi connectivity index (χ2n) is 13.3. The highest BCUT2D eigenvalue weighted by Crippen LogP contribution is 2.65. The van der Waals surface area contributed by atoms with Gasteiger partial charge < -0.3 is 4.90 Å². The van der Waals surface area contributed by atoms with Crippen LogP contribution in [0.4, 0.5) is 11.4 Å². The Labute approximate surface area is 303 Å². The molecule has 1 aliphatic heterocycles. The minimum atomic E-state index is -0.544. The van der Waals surface area contributed by atoms with Crippen LogP contribution < -0.4 is 4.90 Å². The molecule has 0 bridgehead atoms. The van der Waals surface area contributed by atoms with Crippen LogP contribution in [0.3, 0.4) is 0 Å². The highest BCUT2D eigenvalue weighted by Gasteiger charge is 2.55. The predicted molar refractivity (Wildman–Crippen MR) is 214 cm³/mol.